The Bertz CT molecular complexity index is 729. The molecule has 25 heavy (non-hydrogen) atoms. The maximum Gasteiger partial charge on any atom is 0.238 e. The molecule has 1 amide bonds. The van der Waals surface area contributed by atoms with Gasteiger partial charge in [0.2, 0.25) is 15.9 Å². The maximum absolute atomic E-state index is 13.2. The van der Waals surface area contributed by atoms with Gasteiger partial charge in [0.1, 0.15) is 5.82 Å². The van der Waals surface area contributed by atoms with Gasteiger partial charge in [-0.1, -0.05) is 13.3 Å². The minimum atomic E-state index is -3.22. The average Bonchev–Trinajstić information content (AvgIpc) is 2.91. The second kappa shape index (κ2) is 7.25. The molecule has 1 aromatic rings. The monoisotopic (exact) mass is 386 g/mol. The first kappa shape index (κ1) is 18.7. The van der Waals surface area contributed by atoms with Gasteiger partial charge >= 0.3 is 0 Å². The van der Waals surface area contributed by atoms with E-state index in [-0.39, 0.29) is 17.5 Å². The van der Waals surface area contributed by atoms with Gasteiger partial charge < -0.3 is 0 Å². The van der Waals surface area contributed by atoms with Crippen molar-refractivity contribution in [3.05, 3.63) is 30.1 Å². The number of benzene rings is 1. The molecule has 0 saturated carbocycles. The van der Waals surface area contributed by atoms with Crippen LogP contribution in [0, 0.1) is 5.82 Å². The van der Waals surface area contributed by atoms with Crippen LogP contribution in [0.4, 0.5) is 10.1 Å². The lowest BCUT2D eigenvalue weighted by Crippen LogP contribution is -2.53. The number of anilines is 1. The summed E-state index contributed by atoms with van der Waals surface area (Å²) >= 11 is 1.57. The average molecular weight is 387 g/mol. The molecule has 0 radical (unpaired) electrons. The molecule has 5 nitrogen and oxygen atoms in total. The predicted molar refractivity (Wildman–Crippen MR) is 98.6 cm³/mol. The first-order valence-corrected chi connectivity index (χ1v) is 11.2. The van der Waals surface area contributed by atoms with E-state index in [4.69, 9.17) is 0 Å². The van der Waals surface area contributed by atoms with E-state index in [0.717, 1.165) is 6.42 Å². The number of unbranched alkanes of at least 4 members (excludes halogenated alkanes) is 1. The summed E-state index contributed by atoms with van der Waals surface area (Å²) in [5.41, 5.74) is 0.679. The number of hydrogen-bond acceptors (Lipinski definition) is 4. The van der Waals surface area contributed by atoms with Crippen LogP contribution in [-0.2, 0) is 14.8 Å². The highest BCUT2D eigenvalue weighted by atomic mass is 32.2. The molecule has 2 fully saturated rings. The molecule has 2 heterocycles. The van der Waals surface area contributed by atoms with Crippen LogP contribution in [0.15, 0.2) is 24.3 Å². The minimum absolute atomic E-state index is 0.00102. The van der Waals surface area contributed by atoms with Crippen LogP contribution in [0.2, 0.25) is 0 Å². The third kappa shape index (κ3) is 3.71. The van der Waals surface area contributed by atoms with Crippen molar-refractivity contribution in [2.75, 3.05) is 29.5 Å². The summed E-state index contributed by atoms with van der Waals surface area (Å²) in [6, 6.07) is 5.93. The van der Waals surface area contributed by atoms with Gasteiger partial charge in [0.05, 0.1) is 16.4 Å². The summed E-state index contributed by atoms with van der Waals surface area (Å²) in [5.74, 6) is 0.220. The van der Waals surface area contributed by atoms with E-state index < -0.39 is 14.9 Å². The molecule has 0 aromatic heterocycles. The molecule has 0 bridgehead atoms. The van der Waals surface area contributed by atoms with Gasteiger partial charge in [-0.15, -0.1) is 11.8 Å². The summed E-state index contributed by atoms with van der Waals surface area (Å²) in [6.45, 7) is 2.82. The Morgan fingerprint density at radius 2 is 1.84 bits per heavy atom. The number of piperidine rings is 1. The van der Waals surface area contributed by atoms with Gasteiger partial charge in [-0.2, -0.15) is 0 Å². The summed E-state index contributed by atoms with van der Waals surface area (Å²) in [6.07, 6.45) is 2.69. The van der Waals surface area contributed by atoms with Crippen molar-refractivity contribution in [1.29, 1.82) is 0 Å². The van der Waals surface area contributed by atoms with E-state index >= 15 is 0 Å². The lowest BCUT2D eigenvalue weighted by atomic mass is 10.0. The van der Waals surface area contributed by atoms with Gasteiger partial charge in [0, 0.05) is 18.8 Å². The highest BCUT2D eigenvalue weighted by Crippen LogP contribution is 2.47. The fourth-order valence-corrected chi connectivity index (χ4v) is 6.44. The van der Waals surface area contributed by atoms with E-state index in [2.05, 4.69) is 0 Å². The van der Waals surface area contributed by atoms with Gasteiger partial charge in [-0.3, -0.25) is 9.69 Å². The van der Waals surface area contributed by atoms with E-state index in [0.29, 0.717) is 43.8 Å². The summed E-state index contributed by atoms with van der Waals surface area (Å²) in [5, 5.41) is 0. The van der Waals surface area contributed by atoms with Gasteiger partial charge in [0.25, 0.3) is 0 Å². The molecule has 0 N–H and O–H groups in total. The van der Waals surface area contributed by atoms with Crippen LogP contribution in [0.3, 0.4) is 0 Å². The normalized spacial score (nSPS) is 21.2. The summed E-state index contributed by atoms with van der Waals surface area (Å²) in [7, 11) is -3.22. The number of rotatable bonds is 5. The van der Waals surface area contributed by atoms with Crippen LogP contribution >= 0.6 is 11.8 Å². The Morgan fingerprint density at radius 1 is 1.20 bits per heavy atom. The third-order valence-electron chi connectivity index (χ3n) is 4.86. The highest BCUT2D eigenvalue weighted by Gasteiger charge is 2.49. The third-order valence-corrected chi connectivity index (χ3v) is 8.33. The summed E-state index contributed by atoms with van der Waals surface area (Å²) in [4.78, 5) is 13.8. The number of carbonyl (C=O) groups is 1. The molecule has 3 rings (SSSR count). The number of halogens is 1. The van der Waals surface area contributed by atoms with Crippen molar-refractivity contribution in [1.82, 2.24) is 4.31 Å². The fourth-order valence-electron chi connectivity index (χ4n) is 3.46. The molecule has 0 atom stereocenters. The highest BCUT2D eigenvalue weighted by molar-refractivity contribution is 8.02. The van der Waals surface area contributed by atoms with Crippen LogP contribution in [-0.4, -0.2) is 48.1 Å². The SMILES string of the molecule is CCCCS(=O)(=O)N1CCC2(CC1)SCC(=O)N2c1ccc(F)cc1. The summed E-state index contributed by atoms with van der Waals surface area (Å²) < 4.78 is 39.6. The van der Waals surface area contributed by atoms with E-state index in [9.17, 15) is 17.6 Å². The predicted octanol–water partition coefficient (Wildman–Crippen LogP) is 2.83. The molecule has 0 unspecified atom stereocenters. The molecule has 138 valence electrons. The van der Waals surface area contributed by atoms with Crippen molar-refractivity contribution in [2.45, 2.75) is 37.5 Å². The molecular formula is C17H23FN2O3S2. The van der Waals surface area contributed by atoms with Crippen LogP contribution < -0.4 is 4.90 Å². The zero-order valence-electron chi connectivity index (χ0n) is 14.3. The molecule has 1 aromatic carbocycles. The smallest absolute Gasteiger partial charge is 0.238 e. The number of amides is 1. The Labute approximate surface area is 152 Å². The Kier molecular flexibility index (Phi) is 5.41. The van der Waals surface area contributed by atoms with E-state index in [1.54, 1.807) is 33.1 Å². The van der Waals surface area contributed by atoms with Gasteiger partial charge in [-0.25, -0.2) is 17.1 Å². The molecular weight excluding hydrogens is 363 g/mol. The fraction of sp³-hybridized carbons (Fsp3) is 0.588. The maximum atomic E-state index is 13.2. The quantitative estimate of drug-likeness (QED) is 0.781. The van der Waals surface area contributed by atoms with Gasteiger partial charge in [0.15, 0.2) is 0 Å². The second-order valence-electron chi connectivity index (χ2n) is 6.51. The molecule has 2 aliphatic heterocycles. The van der Waals surface area contributed by atoms with Crippen molar-refractivity contribution in [2.24, 2.45) is 0 Å². The zero-order valence-corrected chi connectivity index (χ0v) is 15.9. The zero-order chi connectivity index (χ0) is 18.1. The lowest BCUT2D eigenvalue weighted by molar-refractivity contribution is -0.116. The van der Waals surface area contributed by atoms with Crippen LogP contribution in [0.25, 0.3) is 0 Å². The van der Waals surface area contributed by atoms with E-state index in [1.165, 1.54) is 12.1 Å². The van der Waals surface area contributed by atoms with Crippen molar-refractivity contribution in [3.63, 3.8) is 0 Å². The van der Waals surface area contributed by atoms with Crippen LogP contribution in [0.5, 0.6) is 0 Å². The minimum Gasteiger partial charge on any atom is -0.296 e. The number of nitrogens with zero attached hydrogens (tertiary/aromatic N) is 2. The first-order chi connectivity index (χ1) is 11.9. The Morgan fingerprint density at radius 3 is 2.44 bits per heavy atom. The van der Waals surface area contributed by atoms with Crippen molar-refractivity contribution in [3.8, 4) is 0 Å². The van der Waals surface area contributed by atoms with Crippen molar-refractivity contribution < 1.29 is 17.6 Å². The van der Waals surface area contributed by atoms with E-state index in [1.807, 2.05) is 6.92 Å². The lowest BCUT2D eigenvalue weighted by Gasteiger charge is -2.43. The first-order valence-electron chi connectivity index (χ1n) is 8.58. The molecule has 8 heteroatoms. The van der Waals surface area contributed by atoms with Gasteiger partial charge in [-0.05, 0) is 43.5 Å². The molecule has 2 aliphatic rings. The topological polar surface area (TPSA) is 57.7 Å². The number of hydrogen-bond donors (Lipinski definition) is 0. The molecule has 1 spiro atoms. The van der Waals surface area contributed by atoms with Crippen LogP contribution in [0.1, 0.15) is 32.6 Å². The number of sulfonamides is 1. The Balaban J connectivity index is 1.76. The number of thioether (sulfide) groups is 1. The number of carbonyl (C=O) groups excluding carboxylic acids is 1. The van der Waals surface area contributed by atoms with Crippen molar-refractivity contribution >= 4 is 33.4 Å². The second-order valence-corrected chi connectivity index (χ2v) is 9.93. The molecule has 0 aliphatic carbocycles. The standard InChI is InChI=1S/C17H23FN2O3S2/c1-2-3-12-25(22,23)19-10-8-17(9-11-19)20(16(21)13-24-17)15-6-4-14(18)5-7-15/h4-7H,2-3,8-13H2,1H3. The Hall–Kier alpha value is -1.12. The largest absolute Gasteiger partial charge is 0.296 e. The molecule has 2 saturated heterocycles.